The van der Waals surface area contributed by atoms with Crippen LogP contribution in [0.25, 0.3) is 10.9 Å². The second-order valence-electron chi connectivity index (χ2n) is 11.2. The third-order valence-corrected chi connectivity index (χ3v) is 8.91. The summed E-state index contributed by atoms with van der Waals surface area (Å²) in [6.45, 7) is 6.88. The van der Waals surface area contributed by atoms with Crippen LogP contribution in [0.1, 0.15) is 69.4 Å². The summed E-state index contributed by atoms with van der Waals surface area (Å²) < 4.78 is 29.1. The monoisotopic (exact) mass is 474 g/mol. The van der Waals surface area contributed by atoms with Gasteiger partial charge in [0.05, 0.1) is 11.9 Å². The smallest absolute Gasteiger partial charge is 0.306 e. The number of aliphatic hydroxyl groups is 1. The molecule has 0 spiro atoms. The highest BCUT2D eigenvalue weighted by atomic mass is 32.2. The molecule has 2 aliphatic carbocycles. The van der Waals surface area contributed by atoms with Crippen LogP contribution in [0, 0.1) is 18.3 Å². The van der Waals surface area contributed by atoms with Crippen LogP contribution in [-0.2, 0) is 14.9 Å². The number of nitrogens with one attached hydrogen (secondary N) is 1. The second kappa shape index (κ2) is 7.47. The van der Waals surface area contributed by atoms with Crippen molar-refractivity contribution in [3.8, 4) is 5.75 Å². The Morgan fingerprint density at radius 3 is 2.85 bits per heavy atom. The number of carbonyl (C=O) groups excluding carboxylic acids is 1. The molecule has 180 valence electrons. The normalized spacial score (nSPS) is 32.2. The van der Waals surface area contributed by atoms with Gasteiger partial charge in [0.1, 0.15) is 0 Å². The molecule has 8 heteroatoms. The first-order chi connectivity index (χ1) is 15.4. The molecule has 1 saturated heterocycles. The molecule has 1 aliphatic heterocycles. The fourth-order valence-corrected chi connectivity index (χ4v) is 7.44. The predicted molar refractivity (Wildman–Crippen MR) is 127 cm³/mol. The van der Waals surface area contributed by atoms with Gasteiger partial charge in [0.25, 0.3) is 0 Å². The van der Waals surface area contributed by atoms with E-state index in [9.17, 15) is 18.3 Å². The van der Waals surface area contributed by atoms with Crippen molar-refractivity contribution in [2.75, 3.05) is 12.8 Å². The number of amides is 1. The van der Waals surface area contributed by atoms with Crippen molar-refractivity contribution in [1.29, 1.82) is 0 Å². The fraction of sp³-hybridized carbons (Fsp3) is 0.640. The van der Waals surface area contributed by atoms with Crippen LogP contribution in [0.5, 0.6) is 5.75 Å². The molecule has 1 aromatic carbocycles. The highest BCUT2D eigenvalue weighted by molar-refractivity contribution is 7.86. The molecule has 1 aromatic heterocycles. The Kier molecular flexibility index (Phi) is 5.14. The summed E-state index contributed by atoms with van der Waals surface area (Å²) in [6.07, 6.45) is 7.56. The molecule has 2 saturated carbocycles. The first-order valence-electron chi connectivity index (χ1n) is 11.9. The molecule has 7 nitrogen and oxygen atoms in total. The summed E-state index contributed by atoms with van der Waals surface area (Å²) >= 11 is 0. The molecule has 2 N–H and O–H groups in total. The van der Waals surface area contributed by atoms with Gasteiger partial charge in [-0.2, -0.15) is 8.42 Å². The lowest BCUT2D eigenvalue weighted by molar-refractivity contribution is -0.178. The van der Waals surface area contributed by atoms with Gasteiger partial charge < -0.3 is 19.2 Å². The van der Waals surface area contributed by atoms with Crippen molar-refractivity contribution < 1.29 is 22.5 Å². The highest BCUT2D eigenvalue weighted by Gasteiger charge is 2.57. The molecule has 3 bridgehead atoms. The quantitative estimate of drug-likeness (QED) is 0.641. The number of nitrogens with zero attached hydrogens (tertiary/aromatic N) is 1. The Balaban J connectivity index is 1.41. The van der Waals surface area contributed by atoms with E-state index in [2.05, 4.69) is 11.9 Å². The second-order valence-corrected chi connectivity index (χ2v) is 12.7. The number of rotatable bonds is 5. The van der Waals surface area contributed by atoms with E-state index < -0.39 is 15.7 Å². The standard InChI is InChI=1S/C25H34N2O5S/c1-15-5-6-20-22(23(15)32-33(4,30)31)19(12-26-20)16(2)9-21(28)27-13-17-7-8-25(29)11-18(27)10-24(17,3)14-25/h5-6,12,16-18,26,29H,7-11,13-14H2,1-4H3. The van der Waals surface area contributed by atoms with E-state index in [0.29, 0.717) is 24.5 Å². The number of fused-ring (bicyclic) bond motifs is 3. The average Bonchev–Trinajstić information content (AvgIpc) is 3.11. The summed E-state index contributed by atoms with van der Waals surface area (Å²) in [5.74, 6) is 0.760. The van der Waals surface area contributed by atoms with Gasteiger partial charge in [-0.15, -0.1) is 0 Å². The zero-order chi connectivity index (χ0) is 23.8. The van der Waals surface area contributed by atoms with E-state index in [1.807, 2.05) is 37.1 Å². The van der Waals surface area contributed by atoms with Crippen molar-refractivity contribution in [3.05, 3.63) is 29.5 Å². The fourth-order valence-electron chi connectivity index (χ4n) is 6.92. The van der Waals surface area contributed by atoms with Crippen LogP contribution in [0.2, 0.25) is 0 Å². The summed E-state index contributed by atoms with van der Waals surface area (Å²) in [5.41, 5.74) is 1.89. The van der Waals surface area contributed by atoms with Crippen molar-refractivity contribution in [2.24, 2.45) is 11.3 Å². The molecular weight excluding hydrogens is 440 g/mol. The van der Waals surface area contributed by atoms with Gasteiger partial charge in [0, 0.05) is 36.1 Å². The molecule has 5 rings (SSSR count). The number of H-pyrrole nitrogens is 1. The van der Waals surface area contributed by atoms with E-state index in [0.717, 1.165) is 60.5 Å². The molecule has 3 fully saturated rings. The Morgan fingerprint density at radius 2 is 2.12 bits per heavy atom. The molecule has 3 aliphatic rings. The van der Waals surface area contributed by atoms with Gasteiger partial charge in [0.2, 0.25) is 5.91 Å². The van der Waals surface area contributed by atoms with Gasteiger partial charge >= 0.3 is 10.1 Å². The maximum Gasteiger partial charge on any atom is 0.306 e. The molecule has 0 radical (unpaired) electrons. The van der Waals surface area contributed by atoms with E-state index in [1.165, 1.54) is 0 Å². The first-order valence-corrected chi connectivity index (χ1v) is 13.7. The summed E-state index contributed by atoms with van der Waals surface area (Å²) in [4.78, 5) is 18.7. The largest absolute Gasteiger partial charge is 0.390 e. The van der Waals surface area contributed by atoms with Crippen LogP contribution in [-0.4, -0.2) is 53.8 Å². The maximum atomic E-state index is 13.5. The molecule has 33 heavy (non-hydrogen) atoms. The Morgan fingerprint density at radius 1 is 1.36 bits per heavy atom. The lowest BCUT2D eigenvalue weighted by Gasteiger charge is -2.61. The third kappa shape index (κ3) is 3.95. The van der Waals surface area contributed by atoms with Crippen LogP contribution < -0.4 is 4.18 Å². The van der Waals surface area contributed by atoms with E-state index in [4.69, 9.17) is 4.18 Å². The summed E-state index contributed by atoms with van der Waals surface area (Å²) in [5, 5.41) is 11.8. The molecule has 5 unspecified atom stereocenters. The zero-order valence-electron chi connectivity index (χ0n) is 19.8. The van der Waals surface area contributed by atoms with Crippen molar-refractivity contribution in [3.63, 3.8) is 0 Å². The molecule has 1 amide bonds. The molecule has 2 heterocycles. The van der Waals surface area contributed by atoms with Gasteiger partial charge in [-0.3, -0.25) is 4.79 Å². The maximum absolute atomic E-state index is 13.5. The minimum Gasteiger partial charge on any atom is -0.390 e. The number of aromatic nitrogens is 1. The number of benzene rings is 1. The van der Waals surface area contributed by atoms with Gasteiger partial charge in [0.15, 0.2) is 5.75 Å². The summed E-state index contributed by atoms with van der Waals surface area (Å²) in [6, 6.07) is 3.83. The van der Waals surface area contributed by atoms with Crippen LogP contribution in [0.15, 0.2) is 18.3 Å². The lowest BCUT2D eigenvalue weighted by atomic mass is 9.52. The SMILES string of the molecule is Cc1ccc2[nH]cc(C(C)CC(=O)N3CC4CCC5(O)CC3CC4(C)C5)c2c1OS(C)(=O)=O. The number of hydrogen-bond acceptors (Lipinski definition) is 5. The Hall–Kier alpha value is -2.06. The number of carbonyl (C=O) groups is 1. The van der Waals surface area contributed by atoms with Gasteiger partial charge in [-0.1, -0.05) is 19.9 Å². The minimum absolute atomic E-state index is 0.0966. The van der Waals surface area contributed by atoms with Crippen LogP contribution in [0.3, 0.4) is 0 Å². The predicted octanol–water partition coefficient (Wildman–Crippen LogP) is 3.85. The van der Waals surface area contributed by atoms with Crippen molar-refractivity contribution in [1.82, 2.24) is 9.88 Å². The van der Waals surface area contributed by atoms with Gasteiger partial charge in [-0.25, -0.2) is 0 Å². The lowest BCUT2D eigenvalue weighted by Crippen LogP contribution is -2.64. The molecule has 5 atom stereocenters. The Bertz CT molecular complexity index is 1220. The Labute approximate surface area is 195 Å². The number of aryl methyl sites for hydroxylation is 1. The molecular formula is C25H34N2O5S. The average molecular weight is 475 g/mol. The number of likely N-dealkylation sites (tertiary alicyclic amines) is 1. The van der Waals surface area contributed by atoms with Gasteiger partial charge in [-0.05, 0) is 73.5 Å². The minimum atomic E-state index is -3.69. The third-order valence-electron chi connectivity index (χ3n) is 8.45. The van der Waals surface area contributed by atoms with Crippen molar-refractivity contribution in [2.45, 2.75) is 76.9 Å². The first kappa shape index (κ1) is 22.7. The number of hydrogen-bond donors (Lipinski definition) is 2. The van der Waals surface area contributed by atoms with E-state index in [-0.39, 0.29) is 23.3 Å². The topological polar surface area (TPSA) is 99.7 Å². The van der Waals surface area contributed by atoms with Crippen LogP contribution in [0.4, 0.5) is 0 Å². The molecule has 2 aromatic rings. The zero-order valence-corrected chi connectivity index (χ0v) is 20.7. The highest BCUT2D eigenvalue weighted by Crippen LogP contribution is 2.57. The summed E-state index contributed by atoms with van der Waals surface area (Å²) in [7, 11) is -3.69. The van der Waals surface area contributed by atoms with Crippen molar-refractivity contribution >= 4 is 26.9 Å². The number of piperidine rings is 1. The van der Waals surface area contributed by atoms with E-state index >= 15 is 0 Å². The van der Waals surface area contributed by atoms with E-state index in [1.54, 1.807) is 0 Å². The number of aromatic amines is 1. The van der Waals surface area contributed by atoms with Crippen LogP contribution >= 0.6 is 0 Å².